The fraction of sp³-hybridized carbons (Fsp3) is 0.222. The SMILES string of the molecule is Cc1ccc2c(c1)N(Cc1ccccc1C(=O)O)C(=O)C(C)O2. The van der Waals surface area contributed by atoms with Crippen LogP contribution in [0.5, 0.6) is 5.75 Å². The van der Waals surface area contributed by atoms with Crippen LogP contribution in [0.4, 0.5) is 5.69 Å². The molecule has 23 heavy (non-hydrogen) atoms. The summed E-state index contributed by atoms with van der Waals surface area (Å²) < 4.78 is 5.64. The van der Waals surface area contributed by atoms with Crippen LogP contribution in [0.3, 0.4) is 0 Å². The highest BCUT2D eigenvalue weighted by Crippen LogP contribution is 2.36. The Morgan fingerprint density at radius 2 is 2.00 bits per heavy atom. The number of ether oxygens (including phenoxy) is 1. The van der Waals surface area contributed by atoms with Crippen LogP contribution < -0.4 is 9.64 Å². The molecule has 1 amide bonds. The Morgan fingerprint density at radius 1 is 1.26 bits per heavy atom. The number of carbonyl (C=O) groups excluding carboxylic acids is 1. The minimum absolute atomic E-state index is 0.178. The zero-order valence-electron chi connectivity index (χ0n) is 12.9. The molecule has 1 N–H and O–H groups in total. The number of hydrogen-bond donors (Lipinski definition) is 1. The third kappa shape index (κ3) is 2.77. The first-order chi connectivity index (χ1) is 11.0. The van der Waals surface area contributed by atoms with Gasteiger partial charge in [-0.3, -0.25) is 4.79 Å². The van der Waals surface area contributed by atoms with Gasteiger partial charge in [0.2, 0.25) is 0 Å². The molecule has 0 aromatic heterocycles. The van der Waals surface area contributed by atoms with E-state index in [0.717, 1.165) is 5.56 Å². The second-order valence-electron chi connectivity index (χ2n) is 5.62. The van der Waals surface area contributed by atoms with Crippen LogP contribution in [0.15, 0.2) is 42.5 Å². The first-order valence-corrected chi connectivity index (χ1v) is 7.37. The Hall–Kier alpha value is -2.82. The summed E-state index contributed by atoms with van der Waals surface area (Å²) in [6.45, 7) is 3.83. The number of hydrogen-bond acceptors (Lipinski definition) is 3. The van der Waals surface area contributed by atoms with Gasteiger partial charge in [0.1, 0.15) is 5.75 Å². The Morgan fingerprint density at radius 3 is 2.74 bits per heavy atom. The summed E-state index contributed by atoms with van der Waals surface area (Å²) in [4.78, 5) is 25.5. The summed E-state index contributed by atoms with van der Waals surface area (Å²) in [5, 5.41) is 9.32. The number of aromatic carboxylic acids is 1. The molecule has 3 rings (SSSR count). The van der Waals surface area contributed by atoms with Crippen LogP contribution in [0.1, 0.15) is 28.4 Å². The van der Waals surface area contributed by atoms with Gasteiger partial charge in [-0.1, -0.05) is 24.3 Å². The summed E-state index contributed by atoms with van der Waals surface area (Å²) in [7, 11) is 0. The van der Waals surface area contributed by atoms with Gasteiger partial charge in [-0.25, -0.2) is 4.79 Å². The number of amides is 1. The van der Waals surface area contributed by atoms with Crippen molar-refractivity contribution < 1.29 is 19.4 Å². The molecular formula is C18H17NO4. The van der Waals surface area contributed by atoms with Crippen molar-refractivity contribution in [3.63, 3.8) is 0 Å². The van der Waals surface area contributed by atoms with Gasteiger partial charge in [0.15, 0.2) is 6.10 Å². The van der Waals surface area contributed by atoms with Gasteiger partial charge in [-0.2, -0.15) is 0 Å². The zero-order chi connectivity index (χ0) is 16.6. The molecule has 118 valence electrons. The molecule has 0 fully saturated rings. The Labute approximate surface area is 134 Å². The van der Waals surface area contributed by atoms with Gasteiger partial charge < -0.3 is 14.7 Å². The Balaban J connectivity index is 2.04. The first-order valence-electron chi connectivity index (χ1n) is 7.37. The molecule has 0 aliphatic carbocycles. The molecule has 2 aromatic carbocycles. The molecule has 5 nitrogen and oxygen atoms in total. The standard InChI is InChI=1S/C18H17NO4/c1-11-7-8-16-15(9-11)19(17(20)12(2)23-16)10-13-5-3-4-6-14(13)18(21)22/h3-9,12H,10H2,1-2H3,(H,21,22). The highest BCUT2D eigenvalue weighted by atomic mass is 16.5. The fourth-order valence-corrected chi connectivity index (χ4v) is 2.72. The largest absolute Gasteiger partial charge is 0.479 e. The maximum atomic E-state index is 12.5. The van der Waals surface area contributed by atoms with Gasteiger partial charge in [-0.15, -0.1) is 0 Å². The van der Waals surface area contributed by atoms with Crippen LogP contribution in [0.25, 0.3) is 0 Å². The summed E-state index contributed by atoms with van der Waals surface area (Å²) in [5.41, 5.74) is 2.48. The van der Waals surface area contributed by atoms with Crippen LogP contribution in [0.2, 0.25) is 0 Å². The fourth-order valence-electron chi connectivity index (χ4n) is 2.72. The van der Waals surface area contributed by atoms with E-state index in [1.165, 1.54) is 0 Å². The molecule has 0 bridgehead atoms. The minimum atomic E-state index is -1.00. The smallest absolute Gasteiger partial charge is 0.336 e. The number of rotatable bonds is 3. The van der Waals surface area contributed by atoms with Crippen molar-refractivity contribution in [2.45, 2.75) is 26.5 Å². The molecule has 1 heterocycles. The van der Waals surface area contributed by atoms with E-state index >= 15 is 0 Å². The topological polar surface area (TPSA) is 66.8 Å². The maximum absolute atomic E-state index is 12.5. The van der Waals surface area contributed by atoms with E-state index in [4.69, 9.17) is 4.74 Å². The van der Waals surface area contributed by atoms with Gasteiger partial charge in [0.05, 0.1) is 17.8 Å². The van der Waals surface area contributed by atoms with Gasteiger partial charge >= 0.3 is 5.97 Å². The highest BCUT2D eigenvalue weighted by Gasteiger charge is 2.32. The molecule has 5 heteroatoms. The van der Waals surface area contributed by atoms with Crippen molar-refractivity contribution in [2.75, 3.05) is 4.90 Å². The molecule has 0 radical (unpaired) electrons. The van der Waals surface area contributed by atoms with Gasteiger partial charge in [0.25, 0.3) is 5.91 Å². The number of anilines is 1. The van der Waals surface area contributed by atoms with Crippen molar-refractivity contribution >= 4 is 17.6 Å². The molecule has 0 saturated heterocycles. The van der Waals surface area contributed by atoms with Crippen molar-refractivity contribution in [3.05, 3.63) is 59.2 Å². The average Bonchev–Trinajstić information content (AvgIpc) is 2.53. The predicted molar refractivity (Wildman–Crippen MR) is 85.9 cm³/mol. The summed E-state index contributed by atoms with van der Waals surface area (Å²) in [5.74, 6) is -0.544. The first kappa shape index (κ1) is 15.1. The van der Waals surface area contributed by atoms with Crippen molar-refractivity contribution in [1.29, 1.82) is 0 Å². The average molecular weight is 311 g/mol. The van der Waals surface area contributed by atoms with E-state index in [0.29, 0.717) is 17.0 Å². The number of benzene rings is 2. The number of carboxylic acids is 1. The van der Waals surface area contributed by atoms with Crippen molar-refractivity contribution in [3.8, 4) is 5.75 Å². The van der Waals surface area contributed by atoms with E-state index in [1.54, 1.807) is 36.1 Å². The molecular weight excluding hydrogens is 294 g/mol. The molecule has 0 saturated carbocycles. The van der Waals surface area contributed by atoms with E-state index in [1.807, 2.05) is 25.1 Å². The van der Waals surface area contributed by atoms with Crippen molar-refractivity contribution in [2.24, 2.45) is 0 Å². The lowest BCUT2D eigenvalue weighted by Crippen LogP contribution is -2.44. The number of carbonyl (C=O) groups is 2. The Bertz CT molecular complexity index is 784. The van der Waals surface area contributed by atoms with E-state index in [9.17, 15) is 14.7 Å². The molecule has 1 aliphatic rings. The van der Waals surface area contributed by atoms with Crippen LogP contribution in [0, 0.1) is 6.92 Å². The van der Waals surface area contributed by atoms with Crippen LogP contribution in [-0.4, -0.2) is 23.1 Å². The molecule has 2 aromatic rings. The third-order valence-corrected chi connectivity index (χ3v) is 3.90. The number of aryl methyl sites for hydroxylation is 1. The van der Waals surface area contributed by atoms with E-state index < -0.39 is 12.1 Å². The normalized spacial score (nSPS) is 16.7. The molecule has 1 atom stereocenters. The number of fused-ring (bicyclic) bond motifs is 1. The molecule has 1 unspecified atom stereocenters. The Kier molecular flexibility index (Phi) is 3.78. The summed E-state index contributed by atoms with van der Waals surface area (Å²) in [6.07, 6.45) is -0.595. The highest BCUT2D eigenvalue weighted by molar-refractivity contribution is 6.00. The number of carboxylic acid groups (broad SMARTS) is 1. The third-order valence-electron chi connectivity index (χ3n) is 3.90. The van der Waals surface area contributed by atoms with E-state index in [2.05, 4.69) is 0 Å². The molecule has 1 aliphatic heterocycles. The lowest BCUT2D eigenvalue weighted by atomic mass is 10.0. The maximum Gasteiger partial charge on any atom is 0.336 e. The second kappa shape index (κ2) is 5.76. The second-order valence-corrected chi connectivity index (χ2v) is 5.62. The van der Waals surface area contributed by atoms with Gasteiger partial charge in [0, 0.05) is 0 Å². The van der Waals surface area contributed by atoms with Crippen LogP contribution >= 0.6 is 0 Å². The number of nitrogens with zero attached hydrogens (tertiary/aromatic N) is 1. The summed E-state index contributed by atoms with van der Waals surface area (Å²) >= 11 is 0. The summed E-state index contributed by atoms with van der Waals surface area (Å²) in [6, 6.07) is 12.4. The quantitative estimate of drug-likeness (QED) is 0.946. The lowest BCUT2D eigenvalue weighted by molar-refractivity contribution is -0.125. The van der Waals surface area contributed by atoms with Crippen LogP contribution in [-0.2, 0) is 11.3 Å². The van der Waals surface area contributed by atoms with E-state index in [-0.39, 0.29) is 18.0 Å². The van der Waals surface area contributed by atoms with Gasteiger partial charge in [-0.05, 0) is 43.2 Å². The molecule has 0 spiro atoms. The predicted octanol–water partition coefficient (Wildman–Crippen LogP) is 3.01. The monoisotopic (exact) mass is 311 g/mol. The zero-order valence-corrected chi connectivity index (χ0v) is 12.9. The van der Waals surface area contributed by atoms with Crippen molar-refractivity contribution in [1.82, 2.24) is 0 Å². The minimum Gasteiger partial charge on any atom is -0.479 e. The lowest BCUT2D eigenvalue weighted by Gasteiger charge is -2.33.